The van der Waals surface area contributed by atoms with E-state index in [1.165, 1.54) is 6.07 Å². The molecule has 1 aromatic heterocycles. The Morgan fingerprint density at radius 2 is 2.07 bits per heavy atom. The Morgan fingerprint density at radius 1 is 1.29 bits per heavy atom. The summed E-state index contributed by atoms with van der Waals surface area (Å²) >= 11 is 0. The molecule has 8 nitrogen and oxygen atoms in total. The molecule has 0 spiro atoms. The number of para-hydroxylation sites is 1. The zero-order valence-corrected chi connectivity index (χ0v) is 16.3. The van der Waals surface area contributed by atoms with Crippen LogP contribution >= 0.6 is 12.4 Å². The van der Waals surface area contributed by atoms with Crippen molar-refractivity contribution < 1.29 is 9.72 Å². The molecule has 1 amide bonds. The van der Waals surface area contributed by atoms with Crippen molar-refractivity contribution >= 4 is 24.0 Å². The van der Waals surface area contributed by atoms with E-state index in [9.17, 15) is 14.9 Å². The molecule has 1 aliphatic heterocycles. The molecular weight excluding hydrogens is 382 g/mol. The number of nitro benzene ring substituents is 1. The van der Waals surface area contributed by atoms with E-state index in [0.717, 1.165) is 38.8 Å². The van der Waals surface area contributed by atoms with Gasteiger partial charge in [-0.15, -0.1) is 12.4 Å². The number of aromatic nitrogens is 2. The molecule has 9 heteroatoms. The molecule has 2 aliphatic rings. The SMILES string of the molecule is Cl.O=C(c1ccn(C2CCCNC2)n1)N(Cc1ccccc1[N+](=O)[O-])C1CC1. The highest BCUT2D eigenvalue weighted by Crippen LogP contribution is 2.31. The summed E-state index contributed by atoms with van der Waals surface area (Å²) in [5.41, 5.74) is 1.01. The van der Waals surface area contributed by atoms with Crippen LogP contribution in [0.5, 0.6) is 0 Å². The van der Waals surface area contributed by atoms with Crippen LogP contribution in [0, 0.1) is 10.1 Å². The fourth-order valence-corrected chi connectivity index (χ4v) is 3.62. The first-order chi connectivity index (χ1) is 13.1. The van der Waals surface area contributed by atoms with E-state index in [1.807, 2.05) is 10.9 Å². The number of benzene rings is 1. The number of halogens is 1. The molecule has 2 aromatic rings. The van der Waals surface area contributed by atoms with Gasteiger partial charge in [-0.1, -0.05) is 18.2 Å². The van der Waals surface area contributed by atoms with Gasteiger partial charge in [0.2, 0.25) is 0 Å². The van der Waals surface area contributed by atoms with Crippen LogP contribution in [0.2, 0.25) is 0 Å². The van der Waals surface area contributed by atoms with E-state index in [0.29, 0.717) is 11.3 Å². The average molecular weight is 406 g/mol. The number of nitro groups is 1. The second kappa shape index (κ2) is 8.70. The largest absolute Gasteiger partial charge is 0.330 e. The molecule has 1 saturated heterocycles. The van der Waals surface area contributed by atoms with E-state index in [2.05, 4.69) is 10.4 Å². The maximum atomic E-state index is 13.1. The monoisotopic (exact) mass is 405 g/mol. The smallest absolute Gasteiger partial charge is 0.274 e. The molecule has 150 valence electrons. The molecule has 4 rings (SSSR count). The number of rotatable bonds is 6. The Kier molecular flexibility index (Phi) is 6.31. The third kappa shape index (κ3) is 4.34. The van der Waals surface area contributed by atoms with Crippen molar-refractivity contribution in [2.45, 2.75) is 44.3 Å². The number of nitrogens with zero attached hydrogens (tertiary/aromatic N) is 4. The number of carbonyl (C=O) groups excluding carboxylic acids is 1. The van der Waals surface area contributed by atoms with E-state index in [-0.39, 0.29) is 42.6 Å². The Morgan fingerprint density at radius 3 is 2.75 bits per heavy atom. The highest BCUT2D eigenvalue weighted by atomic mass is 35.5. The van der Waals surface area contributed by atoms with Crippen LogP contribution in [-0.4, -0.2) is 44.6 Å². The van der Waals surface area contributed by atoms with Crippen molar-refractivity contribution in [3.8, 4) is 0 Å². The standard InChI is InChI=1S/C19H23N5O3.ClH/c25-19(17-9-11-23(21-17)16-5-3-10-20-12-16)22(15-7-8-15)13-14-4-1-2-6-18(14)24(26)27;/h1-2,4,6,9,11,15-16,20H,3,5,7-8,10,12-13H2;1H. The minimum absolute atomic E-state index is 0. The van der Waals surface area contributed by atoms with Crippen LogP contribution in [0.25, 0.3) is 0 Å². The highest BCUT2D eigenvalue weighted by molar-refractivity contribution is 5.92. The molecule has 1 saturated carbocycles. The quantitative estimate of drug-likeness (QED) is 0.589. The normalized spacial score (nSPS) is 18.9. The molecule has 1 aliphatic carbocycles. The maximum absolute atomic E-state index is 13.1. The number of piperidine rings is 1. The average Bonchev–Trinajstić information content (AvgIpc) is 3.41. The Bertz CT molecular complexity index is 846. The van der Waals surface area contributed by atoms with Crippen LogP contribution in [0.1, 0.15) is 47.8 Å². The third-order valence-corrected chi connectivity index (χ3v) is 5.25. The fraction of sp³-hybridized carbons (Fsp3) is 0.474. The van der Waals surface area contributed by atoms with Gasteiger partial charge in [0.25, 0.3) is 11.6 Å². The van der Waals surface area contributed by atoms with Gasteiger partial charge in [-0.05, 0) is 38.3 Å². The van der Waals surface area contributed by atoms with Crippen LogP contribution in [0.15, 0.2) is 36.5 Å². The van der Waals surface area contributed by atoms with Crippen LogP contribution < -0.4 is 5.32 Å². The molecule has 0 bridgehead atoms. The molecule has 2 fully saturated rings. The van der Waals surface area contributed by atoms with Crippen molar-refractivity contribution in [3.63, 3.8) is 0 Å². The molecule has 1 atom stereocenters. The van der Waals surface area contributed by atoms with E-state index in [1.54, 1.807) is 29.2 Å². The molecule has 2 heterocycles. The first-order valence-electron chi connectivity index (χ1n) is 9.42. The predicted molar refractivity (Wildman–Crippen MR) is 107 cm³/mol. The van der Waals surface area contributed by atoms with Gasteiger partial charge < -0.3 is 10.2 Å². The van der Waals surface area contributed by atoms with Crippen LogP contribution in [-0.2, 0) is 6.54 Å². The first kappa shape index (κ1) is 20.3. The van der Waals surface area contributed by atoms with E-state index >= 15 is 0 Å². The lowest BCUT2D eigenvalue weighted by Crippen LogP contribution is -2.34. The molecule has 0 radical (unpaired) electrons. The number of hydrogen-bond donors (Lipinski definition) is 1. The second-order valence-corrected chi connectivity index (χ2v) is 7.23. The zero-order chi connectivity index (χ0) is 18.8. The minimum Gasteiger partial charge on any atom is -0.330 e. The molecular formula is C19H24ClN5O3. The summed E-state index contributed by atoms with van der Waals surface area (Å²) in [7, 11) is 0. The molecule has 28 heavy (non-hydrogen) atoms. The van der Waals surface area contributed by atoms with E-state index in [4.69, 9.17) is 0 Å². The summed E-state index contributed by atoms with van der Waals surface area (Å²) in [6.07, 6.45) is 5.87. The summed E-state index contributed by atoms with van der Waals surface area (Å²) in [6.45, 7) is 2.12. The van der Waals surface area contributed by atoms with E-state index < -0.39 is 4.92 Å². The minimum atomic E-state index is -0.393. The summed E-state index contributed by atoms with van der Waals surface area (Å²) in [5.74, 6) is -0.154. The molecule has 1 aromatic carbocycles. The Labute approximate surface area is 169 Å². The summed E-state index contributed by atoms with van der Waals surface area (Å²) < 4.78 is 1.87. The van der Waals surface area contributed by atoms with Crippen LogP contribution in [0.3, 0.4) is 0 Å². The van der Waals surface area contributed by atoms with Crippen LogP contribution in [0.4, 0.5) is 5.69 Å². The predicted octanol–water partition coefficient (Wildman–Crippen LogP) is 2.94. The lowest BCUT2D eigenvalue weighted by molar-refractivity contribution is -0.385. The van der Waals surface area contributed by atoms with Gasteiger partial charge in [0, 0.05) is 30.4 Å². The third-order valence-electron chi connectivity index (χ3n) is 5.25. The number of amides is 1. The highest BCUT2D eigenvalue weighted by Gasteiger charge is 2.35. The number of nitrogens with one attached hydrogen (secondary N) is 1. The number of hydrogen-bond acceptors (Lipinski definition) is 5. The van der Waals surface area contributed by atoms with Crippen molar-refractivity contribution in [2.24, 2.45) is 0 Å². The first-order valence-corrected chi connectivity index (χ1v) is 9.42. The second-order valence-electron chi connectivity index (χ2n) is 7.23. The fourth-order valence-electron chi connectivity index (χ4n) is 3.62. The van der Waals surface area contributed by atoms with Gasteiger partial charge in [0.1, 0.15) is 5.69 Å². The maximum Gasteiger partial charge on any atom is 0.274 e. The lowest BCUT2D eigenvalue weighted by atomic mass is 10.1. The van der Waals surface area contributed by atoms with Crippen molar-refractivity contribution in [3.05, 3.63) is 57.9 Å². The van der Waals surface area contributed by atoms with Crippen molar-refractivity contribution in [1.29, 1.82) is 0 Å². The van der Waals surface area contributed by atoms with Crippen molar-refractivity contribution in [2.75, 3.05) is 13.1 Å². The summed E-state index contributed by atoms with van der Waals surface area (Å²) in [4.78, 5) is 25.7. The molecule has 1 N–H and O–H groups in total. The molecule has 1 unspecified atom stereocenters. The Hall–Kier alpha value is -2.45. The summed E-state index contributed by atoms with van der Waals surface area (Å²) in [6, 6.07) is 8.77. The number of carbonyl (C=O) groups is 1. The van der Waals surface area contributed by atoms with Gasteiger partial charge in [0.05, 0.1) is 17.5 Å². The van der Waals surface area contributed by atoms with Gasteiger partial charge >= 0.3 is 0 Å². The van der Waals surface area contributed by atoms with Gasteiger partial charge in [-0.3, -0.25) is 19.6 Å². The Balaban J connectivity index is 0.00000225. The zero-order valence-electron chi connectivity index (χ0n) is 15.5. The topological polar surface area (TPSA) is 93.3 Å². The summed E-state index contributed by atoms with van der Waals surface area (Å²) in [5, 5.41) is 19.2. The van der Waals surface area contributed by atoms with Crippen molar-refractivity contribution in [1.82, 2.24) is 20.0 Å². The van der Waals surface area contributed by atoms with Gasteiger partial charge in [-0.2, -0.15) is 5.10 Å². The van der Waals surface area contributed by atoms with Gasteiger partial charge in [0.15, 0.2) is 0 Å². The lowest BCUT2D eigenvalue weighted by Gasteiger charge is -2.23. The van der Waals surface area contributed by atoms with Gasteiger partial charge in [-0.25, -0.2) is 0 Å².